The number of nitrogens with one attached hydrogen (secondary N) is 1. The van der Waals surface area contributed by atoms with Gasteiger partial charge in [0.15, 0.2) is 0 Å². The first-order chi connectivity index (χ1) is 12.0. The maximum Gasteiger partial charge on any atom is 0.246 e. The van der Waals surface area contributed by atoms with Crippen LogP contribution in [0.5, 0.6) is 0 Å². The monoisotopic (exact) mass is 339 g/mol. The van der Waals surface area contributed by atoms with Crippen molar-refractivity contribution in [1.29, 1.82) is 0 Å². The summed E-state index contributed by atoms with van der Waals surface area (Å²) in [7, 11) is 0. The third-order valence-corrected chi connectivity index (χ3v) is 3.93. The number of fused-ring (bicyclic) bond motifs is 1. The van der Waals surface area contributed by atoms with E-state index in [-0.39, 0.29) is 19.1 Å². The van der Waals surface area contributed by atoms with Crippen LogP contribution in [-0.4, -0.2) is 24.2 Å². The van der Waals surface area contributed by atoms with Gasteiger partial charge in [0.2, 0.25) is 5.91 Å². The van der Waals surface area contributed by atoms with Gasteiger partial charge in [0.1, 0.15) is 23.6 Å². The number of benzene rings is 2. The quantitative estimate of drug-likeness (QED) is 0.694. The number of aliphatic hydroxyl groups is 1. The summed E-state index contributed by atoms with van der Waals surface area (Å²) in [6, 6.07) is 18.9. The Hall–Kier alpha value is -2.63. The molecule has 0 bridgehead atoms. The molecule has 1 atom stereocenters. The minimum atomic E-state index is -1.30. The molecule has 5 nitrogen and oxygen atoms in total. The van der Waals surface area contributed by atoms with Gasteiger partial charge in [0, 0.05) is 5.39 Å². The highest BCUT2D eigenvalue weighted by atomic mass is 16.5. The molecule has 0 radical (unpaired) electrons. The minimum absolute atomic E-state index is 0.0420. The molecule has 5 heteroatoms. The molecule has 3 aromatic rings. The summed E-state index contributed by atoms with van der Waals surface area (Å²) in [6.45, 7) is 1.95. The van der Waals surface area contributed by atoms with Crippen LogP contribution in [0.15, 0.2) is 65.1 Å². The average Bonchev–Trinajstić information content (AvgIpc) is 3.06. The Kier molecular flexibility index (Phi) is 5.16. The highest BCUT2D eigenvalue weighted by molar-refractivity contribution is 5.78. The molecule has 1 heterocycles. The van der Waals surface area contributed by atoms with Crippen molar-refractivity contribution in [1.82, 2.24) is 5.32 Å². The fourth-order valence-corrected chi connectivity index (χ4v) is 2.49. The number of carbonyl (C=O) groups excluding carboxylic acids is 1. The maximum absolute atomic E-state index is 11.9. The third-order valence-electron chi connectivity index (χ3n) is 3.93. The predicted octanol–water partition coefficient (Wildman–Crippen LogP) is 2.97. The molecule has 0 saturated heterocycles. The Bertz CT molecular complexity index is 806. The molecule has 130 valence electrons. The fourth-order valence-electron chi connectivity index (χ4n) is 2.49. The largest absolute Gasteiger partial charge is 0.458 e. The van der Waals surface area contributed by atoms with Crippen molar-refractivity contribution in [3.05, 3.63) is 72.0 Å². The lowest BCUT2D eigenvalue weighted by molar-refractivity contribution is -0.127. The van der Waals surface area contributed by atoms with E-state index in [9.17, 15) is 9.90 Å². The van der Waals surface area contributed by atoms with Crippen molar-refractivity contribution in [3.63, 3.8) is 0 Å². The number of hydrogen-bond acceptors (Lipinski definition) is 4. The van der Waals surface area contributed by atoms with Crippen molar-refractivity contribution in [2.24, 2.45) is 0 Å². The summed E-state index contributed by atoms with van der Waals surface area (Å²) in [5, 5.41) is 14.2. The fraction of sp³-hybridized carbons (Fsp3) is 0.250. The van der Waals surface area contributed by atoms with Crippen molar-refractivity contribution < 1.29 is 19.1 Å². The highest BCUT2D eigenvalue weighted by Crippen LogP contribution is 2.27. The van der Waals surface area contributed by atoms with Crippen molar-refractivity contribution in [2.45, 2.75) is 19.1 Å². The van der Waals surface area contributed by atoms with E-state index < -0.39 is 5.60 Å². The molecule has 3 rings (SSSR count). The van der Waals surface area contributed by atoms with Gasteiger partial charge in [-0.2, -0.15) is 0 Å². The Morgan fingerprint density at radius 2 is 1.88 bits per heavy atom. The van der Waals surface area contributed by atoms with Crippen LogP contribution in [0.1, 0.15) is 18.2 Å². The van der Waals surface area contributed by atoms with E-state index >= 15 is 0 Å². The number of rotatable bonds is 7. The van der Waals surface area contributed by atoms with Gasteiger partial charge in [-0.1, -0.05) is 48.5 Å². The zero-order valence-corrected chi connectivity index (χ0v) is 14.1. The van der Waals surface area contributed by atoms with Crippen LogP contribution in [0.2, 0.25) is 0 Å². The Morgan fingerprint density at radius 1 is 1.16 bits per heavy atom. The number of carbonyl (C=O) groups is 1. The van der Waals surface area contributed by atoms with Gasteiger partial charge >= 0.3 is 0 Å². The molecule has 1 amide bonds. The number of furan rings is 1. The van der Waals surface area contributed by atoms with Crippen LogP contribution in [0.3, 0.4) is 0 Å². The van der Waals surface area contributed by atoms with Crippen molar-refractivity contribution in [3.8, 4) is 0 Å². The lowest BCUT2D eigenvalue weighted by Crippen LogP contribution is -2.39. The van der Waals surface area contributed by atoms with Crippen LogP contribution >= 0.6 is 0 Å². The first-order valence-electron chi connectivity index (χ1n) is 8.14. The third kappa shape index (κ3) is 4.47. The smallest absolute Gasteiger partial charge is 0.246 e. The Balaban J connectivity index is 1.50. The molecule has 0 aliphatic carbocycles. The molecule has 0 fully saturated rings. The van der Waals surface area contributed by atoms with Crippen LogP contribution in [-0.2, 0) is 21.7 Å². The standard InChI is InChI=1S/C20H21NO4/c1-20(23,18-11-16-9-5-6-10-17(16)25-18)14-21-19(22)13-24-12-15-7-3-2-4-8-15/h2-11,23H,12-14H2,1H3,(H,21,22). The Morgan fingerprint density at radius 3 is 2.64 bits per heavy atom. The molecule has 2 aromatic carbocycles. The normalized spacial score (nSPS) is 13.5. The number of ether oxygens (including phenoxy) is 1. The molecular formula is C20H21NO4. The van der Waals surface area contributed by atoms with Crippen LogP contribution in [0.25, 0.3) is 11.0 Å². The van der Waals surface area contributed by atoms with E-state index in [1.807, 2.05) is 54.6 Å². The second kappa shape index (κ2) is 7.51. The summed E-state index contributed by atoms with van der Waals surface area (Å²) in [5.41, 5.74) is 0.411. The average molecular weight is 339 g/mol. The van der Waals surface area contributed by atoms with E-state index in [2.05, 4.69) is 5.32 Å². The molecule has 0 spiro atoms. The van der Waals surface area contributed by atoms with Gasteiger partial charge < -0.3 is 19.6 Å². The maximum atomic E-state index is 11.9. The summed E-state index contributed by atoms with van der Waals surface area (Å²) in [6.07, 6.45) is 0. The minimum Gasteiger partial charge on any atom is -0.458 e. The lowest BCUT2D eigenvalue weighted by Gasteiger charge is -2.21. The summed E-state index contributed by atoms with van der Waals surface area (Å²) in [5.74, 6) is 0.131. The van der Waals surface area contributed by atoms with Gasteiger partial charge in [0.25, 0.3) is 0 Å². The number of para-hydroxylation sites is 1. The second-order valence-electron chi connectivity index (χ2n) is 6.18. The molecule has 0 aliphatic heterocycles. The first kappa shape index (κ1) is 17.2. The summed E-state index contributed by atoms with van der Waals surface area (Å²) >= 11 is 0. The van der Waals surface area contributed by atoms with Gasteiger partial charge in [0.05, 0.1) is 13.2 Å². The van der Waals surface area contributed by atoms with Gasteiger partial charge in [-0.3, -0.25) is 4.79 Å². The predicted molar refractivity (Wildman–Crippen MR) is 94.9 cm³/mol. The number of hydrogen-bond donors (Lipinski definition) is 2. The lowest BCUT2D eigenvalue weighted by atomic mass is 10.0. The second-order valence-corrected chi connectivity index (χ2v) is 6.18. The number of amides is 1. The SMILES string of the molecule is CC(O)(CNC(=O)COCc1ccccc1)c1cc2ccccc2o1. The van der Waals surface area contributed by atoms with Gasteiger partial charge in [-0.15, -0.1) is 0 Å². The topological polar surface area (TPSA) is 71.7 Å². The van der Waals surface area contributed by atoms with E-state index in [0.29, 0.717) is 18.0 Å². The first-order valence-corrected chi connectivity index (χ1v) is 8.14. The van der Waals surface area contributed by atoms with E-state index in [1.165, 1.54) is 0 Å². The molecule has 1 aromatic heterocycles. The van der Waals surface area contributed by atoms with E-state index in [0.717, 1.165) is 10.9 Å². The van der Waals surface area contributed by atoms with Gasteiger partial charge in [-0.05, 0) is 24.6 Å². The summed E-state index contributed by atoms with van der Waals surface area (Å²) in [4.78, 5) is 11.9. The molecule has 2 N–H and O–H groups in total. The van der Waals surface area contributed by atoms with Crippen molar-refractivity contribution in [2.75, 3.05) is 13.2 Å². The van der Waals surface area contributed by atoms with Gasteiger partial charge in [-0.25, -0.2) is 0 Å². The zero-order chi connectivity index (χ0) is 17.7. The highest BCUT2D eigenvalue weighted by Gasteiger charge is 2.28. The molecule has 25 heavy (non-hydrogen) atoms. The molecule has 1 unspecified atom stereocenters. The Labute approximate surface area is 146 Å². The van der Waals surface area contributed by atoms with E-state index in [1.54, 1.807) is 13.0 Å². The van der Waals surface area contributed by atoms with Crippen LogP contribution in [0, 0.1) is 0 Å². The van der Waals surface area contributed by atoms with Crippen molar-refractivity contribution >= 4 is 16.9 Å². The van der Waals surface area contributed by atoms with E-state index in [4.69, 9.17) is 9.15 Å². The zero-order valence-electron chi connectivity index (χ0n) is 14.1. The molecular weight excluding hydrogens is 318 g/mol. The molecule has 0 aliphatic rings. The molecule has 0 saturated carbocycles. The summed E-state index contributed by atoms with van der Waals surface area (Å²) < 4.78 is 11.1. The van der Waals surface area contributed by atoms with Crippen LogP contribution < -0.4 is 5.32 Å². The van der Waals surface area contributed by atoms with Crippen LogP contribution in [0.4, 0.5) is 0 Å².